The minimum atomic E-state index is 0.00930. The molecule has 0 aliphatic carbocycles. The highest BCUT2D eigenvalue weighted by Crippen LogP contribution is 2.33. The van der Waals surface area contributed by atoms with E-state index >= 15 is 0 Å². The average molecular weight is 388 g/mol. The van der Waals surface area contributed by atoms with E-state index < -0.39 is 0 Å². The van der Waals surface area contributed by atoms with Crippen molar-refractivity contribution in [2.75, 3.05) is 20.8 Å². The van der Waals surface area contributed by atoms with Crippen molar-refractivity contribution in [1.82, 2.24) is 9.88 Å². The molecule has 5 nitrogen and oxygen atoms in total. The standard InChI is InChI=1S/C24H24N2O3/c1-16-20(9-10-21(25-16)17-7-5-4-6-8-17)24(27)26-12-11-18-13-22(28-2)23(29-3)14-19(18)15-26/h4-10,13-14H,11-12,15H2,1-3H3. The summed E-state index contributed by atoms with van der Waals surface area (Å²) >= 11 is 0. The molecule has 1 aliphatic heterocycles. The lowest BCUT2D eigenvalue weighted by Gasteiger charge is -2.30. The van der Waals surface area contributed by atoms with Crippen LogP contribution in [0.1, 0.15) is 27.2 Å². The minimum Gasteiger partial charge on any atom is -0.493 e. The Morgan fingerprint density at radius 1 is 0.966 bits per heavy atom. The fraction of sp³-hybridized carbons (Fsp3) is 0.250. The van der Waals surface area contributed by atoms with Gasteiger partial charge in [0.05, 0.1) is 31.2 Å². The van der Waals surface area contributed by atoms with Crippen LogP contribution in [0.3, 0.4) is 0 Å². The van der Waals surface area contributed by atoms with E-state index in [4.69, 9.17) is 9.47 Å². The zero-order chi connectivity index (χ0) is 20.4. The molecule has 3 aromatic rings. The van der Waals surface area contributed by atoms with E-state index in [0.29, 0.717) is 24.4 Å². The van der Waals surface area contributed by atoms with Gasteiger partial charge in [0, 0.05) is 18.7 Å². The largest absolute Gasteiger partial charge is 0.493 e. The van der Waals surface area contributed by atoms with Crippen molar-refractivity contribution in [3.63, 3.8) is 0 Å². The van der Waals surface area contributed by atoms with E-state index in [1.165, 1.54) is 5.56 Å². The summed E-state index contributed by atoms with van der Waals surface area (Å²) in [5.74, 6) is 1.42. The first-order chi connectivity index (χ1) is 14.1. The maximum Gasteiger partial charge on any atom is 0.256 e. The molecule has 148 valence electrons. The molecule has 0 radical (unpaired) electrons. The van der Waals surface area contributed by atoms with Gasteiger partial charge >= 0.3 is 0 Å². The molecule has 1 amide bonds. The Morgan fingerprint density at radius 3 is 2.31 bits per heavy atom. The lowest BCUT2D eigenvalue weighted by atomic mass is 9.98. The number of pyridine rings is 1. The van der Waals surface area contributed by atoms with Crippen LogP contribution in [0, 0.1) is 6.92 Å². The summed E-state index contributed by atoms with van der Waals surface area (Å²) in [6.07, 6.45) is 0.788. The van der Waals surface area contributed by atoms with Gasteiger partial charge in [-0.3, -0.25) is 9.78 Å². The SMILES string of the molecule is COc1cc2c(cc1OC)CN(C(=O)c1ccc(-c3ccccc3)nc1C)CC2. The van der Waals surface area contributed by atoms with Crippen molar-refractivity contribution in [2.45, 2.75) is 19.9 Å². The normalized spacial score (nSPS) is 13.0. The smallest absolute Gasteiger partial charge is 0.256 e. The number of ether oxygens (including phenoxy) is 2. The van der Waals surface area contributed by atoms with Gasteiger partial charge in [0.1, 0.15) is 0 Å². The zero-order valence-corrected chi connectivity index (χ0v) is 16.9. The molecule has 4 rings (SSSR count). The molecule has 2 heterocycles. The third-order valence-electron chi connectivity index (χ3n) is 5.39. The van der Waals surface area contributed by atoms with Gasteiger partial charge in [-0.25, -0.2) is 0 Å². The molecule has 1 aromatic heterocycles. The van der Waals surface area contributed by atoms with Gasteiger partial charge in [0.15, 0.2) is 11.5 Å². The Bertz CT molecular complexity index is 1050. The Hall–Kier alpha value is -3.34. The van der Waals surface area contributed by atoms with Crippen LogP contribution in [-0.4, -0.2) is 36.6 Å². The molecule has 0 saturated heterocycles. The maximum atomic E-state index is 13.2. The number of hydrogen-bond acceptors (Lipinski definition) is 4. The predicted octanol–water partition coefficient (Wildman–Crippen LogP) is 4.27. The van der Waals surface area contributed by atoms with Gasteiger partial charge in [-0.1, -0.05) is 30.3 Å². The van der Waals surface area contributed by atoms with Gasteiger partial charge in [-0.05, 0) is 48.7 Å². The molecule has 0 unspecified atom stereocenters. The van der Waals surface area contributed by atoms with E-state index in [1.54, 1.807) is 14.2 Å². The van der Waals surface area contributed by atoms with Crippen molar-refractivity contribution in [3.8, 4) is 22.8 Å². The lowest BCUT2D eigenvalue weighted by molar-refractivity contribution is 0.0733. The second-order valence-corrected chi connectivity index (χ2v) is 7.15. The van der Waals surface area contributed by atoms with E-state index in [1.807, 2.05) is 66.4 Å². The molecular weight excluding hydrogens is 364 g/mol. The van der Waals surface area contributed by atoms with E-state index in [0.717, 1.165) is 34.7 Å². The average Bonchev–Trinajstić information content (AvgIpc) is 2.77. The summed E-state index contributed by atoms with van der Waals surface area (Å²) in [6.45, 7) is 3.11. The van der Waals surface area contributed by atoms with Crippen LogP contribution in [-0.2, 0) is 13.0 Å². The first-order valence-electron chi connectivity index (χ1n) is 9.67. The highest BCUT2D eigenvalue weighted by Gasteiger charge is 2.25. The van der Waals surface area contributed by atoms with Crippen LogP contribution < -0.4 is 9.47 Å². The summed E-state index contributed by atoms with van der Waals surface area (Å²) < 4.78 is 10.8. The van der Waals surface area contributed by atoms with Crippen LogP contribution in [0.4, 0.5) is 0 Å². The van der Waals surface area contributed by atoms with Gasteiger partial charge in [-0.2, -0.15) is 0 Å². The number of benzene rings is 2. The van der Waals surface area contributed by atoms with Crippen molar-refractivity contribution in [1.29, 1.82) is 0 Å². The predicted molar refractivity (Wildman–Crippen MR) is 112 cm³/mol. The number of hydrogen-bond donors (Lipinski definition) is 0. The van der Waals surface area contributed by atoms with Crippen molar-refractivity contribution in [3.05, 3.63) is 77.0 Å². The van der Waals surface area contributed by atoms with Crippen LogP contribution in [0.5, 0.6) is 11.5 Å². The molecule has 5 heteroatoms. The number of rotatable bonds is 4. The second kappa shape index (κ2) is 7.95. The Morgan fingerprint density at radius 2 is 1.66 bits per heavy atom. The molecule has 2 aromatic carbocycles. The van der Waals surface area contributed by atoms with Gasteiger partial charge in [0.25, 0.3) is 5.91 Å². The Labute approximate surface area is 170 Å². The minimum absolute atomic E-state index is 0.00930. The Balaban J connectivity index is 1.58. The second-order valence-electron chi connectivity index (χ2n) is 7.15. The maximum absolute atomic E-state index is 13.2. The zero-order valence-electron chi connectivity index (χ0n) is 16.9. The quantitative estimate of drug-likeness (QED) is 0.670. The molecule has 0 bridgehead atoms. The van der Waals surface area contributed by atoms with Crippen molar-refractivity contribution >= 4 is 5.91 Å². The highest BCUT2D eigenvalue weighted by molar-refractivity contribution is 5.95. The van der Waals surface area contributed by atoms with Crippen molar-refractivity contribution < 1.29 is 14.3 Å². The first kappa shape index (κ1) is 19.0. The number of aryl methyl sites for hydroxylation is 1. The number of aromatic nitrogens is 1. The van der Waals surface area contributed by atoms with E-state index in [2.05, 4.69) is 4.98 Å². The fourth-order valence-corrected chi connectivity index (χ4v) is 3.78. The molecular formula is C24H24N2O3. The van der Waals surface area contributed by atoms with Crippen LogP contribution in [0.25, 0.3) is 11.3 Å². The third kappa shape index (κ3) is 3.68. The molecule has 0 fully saturated rings. The highest BCUT2D eigenvalue weighted by atomic mass is 16.5. The third-order valence-corrected chi connectivity index (χ3v) is 5.39. The van der Waals surface area contributed by atoms with Crippen LogP contribution in [0.2, 0.25) is 0 Å². The summed E-state index contributed by atoms with van der Waals surface area (Å²) in [4.78, 5) is 19.7. The summed E-state index contributed by atoms with van der Waals surface area (Å²) in [5.41, 5.74) is 5.60. The van der Waals surface area contributed by atoms with Crippen molar-refractivity contribution in [2.24, 2.45) is 0 Å². The number of carbonyl (C=O) groups is 1. The summed E-state index contributed by atoms with van der Waals surface area (Å²) in [7, 11) is 3.26. The van der Waals surface area contributed by atoms with Gasteiger partial charge in [0.2, 0.25) is 0 Å². The molecule has 29 heavy (non-hydrogen) atoms. The topological polar surface area (TPSA) is 51.7 Å². The first-order valence-corrected chi connectivity index (χ1v) is 9.67. The van der Waals surface area contributed by atoms with Gasteiger partial charge in [-0.15, -0.1) is 0 Å². The van der Waals surface area contributed by atoms with Crippen LogP contribution >= 0.6 is 0 Å². The number of nitrogens with zero attached hydrogens (tertiary/aromatic N) is 2. The monoisotopic (exact) mass is 388 g/mol. The molecule has 0 spiro atoms. The summed E-state index contributed by atoms with van der Waals surface area (Å²) in [6, 6.07) is 17.8. The molecule has 0 N–H and O–H groups in total. The fourth-order valence-electron chi connectivity index (χ4n) is 3.78. The van der Waals surface area contributed by atoms with E-state index in [-0.39, 0.29) is 5.91 Å². The molecule has 0 atom stereocenters. The number of carbonyl (C=O) groups excluding carboxylic acids is 1. The van der Waals surface area contributed by atoms with Gasteiger partial charge < -0.3 is 14.4 Å². The van der Waals surface area contributed by atoms with E-state index in [9.17, 15) is 4.79 Å². The number of fused-ring (bicyclic) bond motifs is 1. The Kier molecular flexibility index (Phi) is 5.21. The number of methoxy groups -OCH3 is 2. The van der Waals surface area contributed by atoms with Crippen LogP contribution in [0.15, 0.2) is 54.6 Å². The molecule has 0 saturated carbocycles. The summed E-state index contributed by atoms with van der Waals surface area (Å²) in [5, 5.41) is 0. The number of amides is 1. The molecule has 1 aliphatic rings. The lowest BCUT2D eigenvalue weighted by Crippen LogP contribution is -2.36.